The lowest BCUT2D eigenvalue weighted by molar-refractivity contribution is -0.116. The summed E-state index contributed by atoms with van der Waals surface area (Å²) in [6.07, 6.45) is 2.72. The summed E-state index contributed by atoms with van der Waals surface area (Å²) >= 11 is 13.8. The summed E-state index contributed by atoms with van der Waals surface area (Å²) in [5, 5.41) is 7.14. The van der Waals surface area contributed by atoms with Crippen LogP contribution in [0.3, 0.4) is 0 Å². The van der Waals surface area contributed by atoms with Crippen molar-refractivity contribution in [2.75, 3.05) is 5.32 Å². The van der Waals surface area contributed by atoms with Gasteiger partial charge in [0.15, 0.2) is 5.50 Å². The number of benzene rings is 2. The van der Waals surface area contributed by atoms with E-state index >= 15 is 0 Å². The molecule has 1 aliphatic heterocycles. The maximum absolute atomic E-state index is 12.3. The van der Waals surface area contributed by atoms with Gasteiger partial charge in [0.1, 0.15) is 11.5 Å². The van der Waals surface area contributed by atoms with Crippen LogP contribution in [0.4, 0.5) is 5.69 Å². The first kappa shape index (κ1) is 20.0. The minimum Gasteiger partial charge on any atom is -0.457 e. The molecule has 29 heavy (non-hydrogen) atoms. The monoisotopic (exact) mass is 444 g/mol. The van der Waals surface area contributed by atoms with Gasteiger partial charge in [-0.3, -0.25) is 4.79 Å². The lowest BCUT2D eigenvalue weighted by Crippen LogP contribution is -2.30. The summed E-state index contributed by atoms with van der Waals surface area (Å²) in [6, 6.07) is 17.2. The number of thioether (sulfide) groups is 1. The molecule has 7 heteroatoms. The van der Waals surface area contributed by atoms with Crippen LogP contribution in [0.5, 0.6) is 0 Å². The van der Waals surface area contributed by atoms with Gasteiger partial charge >= 0.3 is 0 Å². The van der Waals surface area contributed by atoms with Crippen molar-refractivity contribution in [3.8, 4) is 11.3 Å². The fraction of sp³-hybridized carbons (Fsp3) is 0.136. The molecule has 148 valence electrons. The molecule has 1 aliphatic rings. The predicted molar refractivity (Wildman–Crippen MR) is 121 cm³/mol. The van der Waals surface area contributed by atoms with E-state index in [1.807, 2.05) is 30.3 Å². The Labute approximate surface area is 183 Å². The van der Waals surface area contributed by atoms with E-state index in [-0.39, 0.29) is 11.4 Å². The van der Waals surface area contributed by atoms with Gasteiger partial charge in [0.2, 0.25) is 0 Å². The first-order valence-electron chi connectivity index (χ1n) is 9.12. The number of hydrogen-bond donors (Lipinski definition) is 2. The van der Waals surface area contributed by atoms with Gasteiger partial charge in [-0.25, -0.2) is 0 Å². The Morgan fingerprint density at radius 1 is 1.14 bits per heavy atom. The van der Waals surface area contributed by atoms with E-state index in [0.717, 1.165) is 12.1 Å². The summed E-state index contributed by atoms with van der Waals surface area (Å²) < 4.78 is 5.86. The van der Waals surface area contributed by atoms with Crippen molar-refractivity contribution in [3.05, 3.63) is 80.9 Å². The van der Waals surface area contributed by atoms with E-state index in [9.17, 15) is 4.79 Å². The Balaban J connectivity index is 1.48. The average molecular weight is 445 g/mol. The molecular formula is C22H18Cl2N2O2S. The number of carbonyl (C=O) groups is 1. The largest absolute Gasteiger partial charge is 0.457 e. The maximum atomic E-state index is 12.3. The van der Waals surface area contributed by atoms with E-state index in [1.54, 1.807) is 18.2 Å². The number of carbonyl (C=O) groups excluding carboxylic acids is 1. The van der Waals surface area contributed by atoms with Crippen molar-refractivity contribution in [2.45, 2.75) is 18.8 Å². The number of aryl methyl sites for hydroxylation is 1. The second kappa shape index (κ2) is 8.57. The number of rotatable bonds is 5. The van der Waals surface area contributed by atoms with Crippen molar-refractivity contribution in [1.82, 2.24) is 5.32 Å². The zero-order valence-electron chi connectivity index (χ0n) is 15.5. The van der Waals surface area contributed by atoms with Gasteiger partial charge in [-0.05, 0) is 48.4 Å². The van der Waals surface area contributed by atoms with Crippen molar-refractivity contribution in [3.63, 3.8) is 0 Å². The molecule has 1 atom stereocenters. The Bertz CT molecular complexity index is 1080. The molecule has 4 nitrogen and oxygen atoms in total. The molecule has 2 heterocycles. The molecule has 1 aromatic heterocycles. The fourth-order valence-corrected chi connectivity index (χ4v) is 4.31. The van der Waals surface area contributed by atoms with Gasteiger partial charge in [-0.15, -0.1) is 0 Å². The highest BCUT2D eigenvalue weighted by molar-refractivity contribution is 8.05. The number of furan rings is 1. The molecule has 1 amide bonds. The van der Waals surface area contributed by atoms with Crippen molar-refractivity contribution < 1.29 is 9.21 Å². The second-order valence-electron chi connectivity index (χ2n) is 6.48. The molecule has 3 aromatic rings. The molecule has 0 radical (unpaired) electrons. The van der Waals surface area contributed by atoms with Crippen LogP contribution in [0.2, 0.25) is 10.0 Å². The molecule has 1 saturated heterocycles. The zero-order chi connectivity index (χ0) is 20.4. The van der Waals surface area contributed by atoms with Gasteiger partial charge < -0.3 is 15.1 Å². The molecule has 2 aromatic carbocycles. The van der Waals surface area contributed by atoms with E-state index in [1.165, 1.54) is 17.3 Å². The number of anilines is 1. The van der Waals surface area contributed by atoms with Gasteiger partial charge in [-0.2, -0.15) is 0 Å². The highest BCUT2D eigenvalue weighted by Crippen LogP contribution is 2.36. The van der Waals surface area contributed by atoms with Gasteiger partial charge in [0.25, 0.3) is 5.91 Å². The van der Waals surface area contributed by atoms with E-state index in [2.05, 4.69) is 29.7 Å². The van der Waals surface area contributed by atoms with Crippen LogP contribution >= 0.6 is 35.0 Å². The molecule has 2 N–H and O–H groups in total. The van der Waals surface area contributed by atoms with Crippen LogP contribution in [-0.2, 0) is 11.2 Å². The summed E-state index contributed by atoms with van der Waals surface area (Å²) in [4.78, 5) is 12.9. The van der Waals surface area contributed by atoms with Crippen molar-refractivity contribution >= 4 is 52.6 Å². The third-order valence-electron chi connectivity index (χ3n) is 4.51. The summed E-state index contributed by atoms with van der Waals surface area (Å²) in [7, 11) is 0. The van der Waals surface area contributed by atoms with E-state index in [4.69, 9.17) is 27.6 Å². The van der Waals surface area contributed by atoms with Gasteiger partial charge in [-0.1, -0.05) is 60.1 Å². The molecular weight excluding hydrogens is 427 g/mol. The lowest BCUT2D eigenvalue weighted by atomic mass is 10.1. The van der Waals surface area contributed by atoms with E-state index < -0.39 is 0 Å². The van der Waals surface area contributed by atoms with Gasteiger partial charge in [0.05, 0.1) is 15.0 Å². The number of halogens is 2. The van der Waals surface area contributed by atoms with Crippen LogP contribution in [0, 0.1) is 0 Å². The second-order valence-corrected chi connectivity index (χ2v) is 8.41. The van der Waals surface area contributed by atoms with Crippen molar-refractivity contribution in [2.24, 2.45) is 0 Å². The number of nitrogens with one attached hydrogen (secondary N) is 2. The SMILES string of the molecule is CCc1ccc(N[C@H]2NC(=O)/C(=C\c3ccc(-c4cccc(Cl)c4Cl)o3)S2)cc1. The standard InChI is InChI=1S/C22H18Cl2N2O2S/c1-2-13-6-8-14(9-7-13)25-22-26-21(27)19(29-22)12-15-10-11-18(28-15)16-4-3-5-17(23)20(16)24/h3-12,22,25H,2H2,1H3,(H,26,27)/b19-12+/t22-/m0/s1. The predicted octanol–water partition coefficient (Wildman–Crippen LogP) is 6.42. The molecule has 0 saturated carbocycles. The van der Waals surface area contributed by atoms with Gasteiger partial charge in [0, 0.05) is 17.3 Å². The first-order valence-corrected chi connectivity index (χ1v) is 10.8. The average Bonchev–Trinajstić information content (AvgIpc) is 3.31. The Kier molecular flexibility index (Phi) is 5.90. The first-order chi connectivity index (χ1) is 14.0. The van der Waals surface area contributed by atoms with Crippen LogP contribution < -0.4 is 10.6 Å². The number of amides is 1. The fourth-order valence-electron chi connectivity index (χ4n) is 2.95. The normalized spacial score (nSPS) is 17.6. The summed E-state index contributed by atoms with van der Waals surface area (Å²) in [6.45, 7) is 2.12. The third-order valence-corrected chi connectivity index (χ3v) is 6.36. The maximum Gasteiger partial charge on any atom is 0.260 e. The minimum absolute atomic E-state index is 0.142. The van der Waals surface area contributed by atoms with Crippen molar-refractivity contribution in [1.29, 1.82) is 0 Å². The minimum atomic E-state index is -0.238. The molecule has 0 aliphatic carbocycles. The van der Waals surface area contributed by atoms with Crippen LogP contribution in [-0.4, -0.2) is 11.4 Å². The topological polar surface area (TPSA) is 54.3 Å². The van der Waals surface area contributed by atoms with Crippen LogP contribution in [0.1, 0.15) is 18.2 Å². The summed E-state index contributed by atoms with van der Waals surface area (Å²) in [5.41, 5.74) is 2.70. The Morgan fingerprint density at radius 3 is 2.69 bits per heavy atom. The molecule has 4 rings (SSSR count). The van der Waals surface area contributed by atoms with Crippen LogP contribution in [0.25, 0.3) is 17.4 Å². The highest BCUT2D eigenvalue weighted by Gasteiger charge is 2.27. The lowest BCUT2D eigenvalue weighted by Gasteiger charge is -2.12. The smallest absolute Gasteiger partial charge is 0.260 e. The molecule has 0 unspecified atom stereocenters. The zero-order valence-corrected chi connectivity index (χ0v) is 17.9. The third kappa shape index (κ3) is 4.47. The number of hydrogen-bond acceptors (Lipinski definition) is 4. The van der Waals surface area contributed by atoms with E-state index in [0.29, 0.717) is 32.0 Å². The quantitative estimate of drug-likeness (QED) is 0.446. The Morgan fingerprint density at radius 2 is 1.93 bits per heavy atom. The summed E-state index contributed by atoms with van der Waals surface area (Å²) in [5.74, 6) is 1.02. The highest BCUT2D eigenvalue weighted by atomic mass is 35.5. The van der Waals surface area contributed by atoms with Crippen LogP contribution in [0.15, 0.2) is 63.9 Å². The Hall–Kier alpha value is -2.34. The molecule has 0 bridgehead atoms. The molecule has 0 spiro atoms. The molecule has 1 fully saturated rings.